The van der Waals surface area contributed by atoms with Crippen molar-refractivity contribution in [2.24, 2.45) is 5.73 Å². The lowest BCUT2D eigenvalue weighted by atomic mass is 10.1. The Morgan fingerprint density at radius 1 is 1.38 bits per heavy atom. The van der Waals surface area contributed by atoms with E-state index in [0.717, 1.165) is 12.8 Å². The van der Waals surface area contributed by atoms with E-state index in [0.29, 0.717) is 0 Å². The van der Waals surface area contributed by atoms with Crippen LogP contribution in [-0.4, -0.2) is 29.5 Å². The van der Waals surface area contributed by atoms with E-state index in [1.165, 1.54) is 0 Å². The van der Waals surface area contributed by atoms with Crippen molar-refractivity contribution in [2.75, 3.05) is 6.61 Å². The van der Waals surface area contributed by atoms with Gasteiger partial charge in [0.15, 0.2) is 0 Å². The predicted octanol–water partition coefficient (Wildman–Crippen LogP) is 1.29. The normalized spacial score (nSPS) is 17.1. The number of nitrogens with two attached hydrogens (primary N) is 1. The van der Waals surface area contributed by atoms with Crippen LogP contribution in [0.25, 0.3) is 0 Å². The number of hydrogen-bond acceptors (Lipinski definition) is 3. The zero-order valence-corrected chi connectivity index (χ0v) is 9.21. The maximum Gasteiger partial charge on any atom is 0.0963 e. The van der Waals surface area contributed by atoms with Gasteiger partial charge in [-0.3, -0.25) is 0 Å². The molecule has 0 aromatic rings. The smallest absolute Gasteiger partial charge is 0.0963 e. The molecule has 0 amide bonds. The molecule has 2 atom stereocenters. The summed E-state index contributed by atoms with van der Waals surface area (Å²) in [7, 11) is 0. The van der Waals surface area contributed by atoms with Gasteiger partial charge in [-0.05, 0) is 27.2 Å². The van der Waals surface area contributed by atoms with E-state index in [1.54, 1.807) is 0 Å². The minimum Gasteiger partial charge on any atom is -0.394 e. The van der Waals surface area contributed by atoms with Crippen LogP contribution in [0.2, 0.25) is 0 Å². The highest BCUT2D eigenvalue weighted by Crippen LogP contribution is 2.14. The fourth-order valence-corrected chi connectivity index (χ4v) is 1.23. The first-order chi connectivity index (χ1) is 5.90. The minimum absolute atomic E-state index is 0.00155. The quantitative estimate of drug-likeness (QED) is 0.685. The summed E-state index contributed by atoms with van der Waals surface area (Å²) in [6.07, 6.45) is 1.67. The van der Waals surface area contributed by atoms with Crippen LogP contribution in [0.1, 0.15) is 40.5 Å². The molecule has 2 unspecified atom stereocenters. The van der Waals surface area contributed by atoms with Gasteiger partial charge in [0.1, 0.15) is 0 Å². The van der Waals surface area contributed by atoms with Crippen molar-refractivity contribution in [3.05, 3.63) is 0 Å². The summed E-state index contributed by atoms with van der Waals surface area (Å²) >= 11 is 0. The molecule has 0 aliphatic rings. The first-order valence-electron chi connectivity index (χ1n) is 4.95. The summed E-state index contributed by atoms with van der Waals surface area (Å²) in [6, 6.07) is -0.0609. The third-order valence-electron chi connectivity index (χ3n) is 1.78. The third-order valence-corrected chi connectivity index (χ3v) is 1.78. The molecular formula is C10H23NO2. The number of ether oxygens (including phenoxy) is 1. The van der Waals surface area contributed by atoms with Crippen molar-refractivity contribution in [3.63, 3.8) is 0 Å². The lowest BCUT2D eigenvalue weighted by Gasteiger charge is -2.30. The van der Waals surface area contributed by atoms with Crippen LogP contribution in [0, 0.1) is 0 Å². The summed E-state index contributed by atoms with van der Waals surface area (Å²) < 4.78 is 5.63. The van der Waals surface area contributed by atoms with Gasteiger partial charge in [0.05, 0.1) is 18.3 Å². The number of aliphatic hydroxyl groups excluding tert-OH is 1. The highest BCUT2D eigenvalue weighted by molar-refractivity contribution is 4.75. The third kappa shape index (κ3) is 6.02. The number of aliphatic hydroxyl groups is 1. The van der Waals surface area contributed by atoms with Gasteiger partial charge in [-0.15, -0.1) is 0 Å². The average molecular weight is 189 g/mol. The van der Waals surface area contributed by atoms with Crippen LogP contribution >= 0.6 is 0 Å². The molecule has 3 heteroatoms. The molecule has 0 radical (unpaired) electrons. The van der Waals surface area contributed by atoms with Crippen molar-refractivity contribution >= 4 is 0 Å². The van der Waals surface area contributed by atoms with Crippen molar-refractivity contribution in [1.82, 2.24) is 0 Å². The Bertz CT molecular complexity index is 131. The zero-order chi connectivity index (χ0) is 10.5. The topological polar surface area (TPSA) is 55.5 Å². The Labute approximate surface area is 81.3 Å². The second-order valence-corrected chi connectivity index (χ2v) is 4.40. The molecule has 0 aliphatic heterocycles. The van der Waals surface area contributed by atoms with Crippen LogP contribution in [0.15, 0.2) is 0 Å². The van der Waals surface area contributed by atoms with E-state index < -0.39 is 0 Å². The van der Waals surface area contributed by atoms with E-state index in [-0.39, 0.29) is 24.4 Å². The average Bonchev–Trinajstić information content (AvgIpc) is 1.99. The molecule has 13 heavy (non-hydrogen) atoms. The van der Waals surface area contributed by atoms with Crippen molar-refractivity contribution in [1.29, 1.82) is 0 Å². The lowest BCUT2D eigenvalue weighted by molar-refractivity contribution is -0.0906. The van der Waals surface area contributed by atoms with Crippen LogP contribution in [0.4, 0.5) is 0 Å². The molecule has 0 rings (SSSR count). The molecule has 3 N–H and O–H groups in total. The fourth-order valence-electron chi connectivity index (χ4n) is 1.23. The molecular weight excluding hydrogens is 166 g/mol. The molecule has 0 heterocycles. The van der Waals surface area contributed by atoms with Crippen LogP contribution in [0.3, 0.4) is 0 Å². The van der Waals surface area contributed by atoms with Crippen LogP contribution in [-0.2, 0) is 4.74 Å². The molecule has 0 bridgehead atoms. The Hall–Kier alpha value is -0.120. The largest absolute Gasteiger partial charge is 0.394 e. The number of hydrogen-bond donors (Lipinski definition) is 2. The van der Waals surface area contributed by atoms with E-state index in [4.69, 9.17) is 15.6 Å². The summed E-state index contributed by atoms with van der Waals surface area (Å²) in [6.45, 7) is 7.97. The maximum atomic E-state index is 9.08. The zero-order valence-electron chi connectivity index (χ0n) is 9.21. The fraction of sp³-hybridized carbons (Fsp3) is 1.00. The molecule has 0 aromatic carbocycles. The standard InChI is InChI=1S/C10H23NO2/c1-5-6-8(11)9(7-12)13-10(2,3)4/h8-9,12H,5-7,11H2,1-4H3. The van der Waals surface area contributed by atoms with Gasteiger partial charge in [-0.1, -0.05) is 13.3 Å². The highest BCUT2D eigenvalue weighted by Gasteiger charge is 2.22. The minimum atomic E-state index is -0.237. The van der Waals surface area contributed by atoms with E-state index in [1.807, 2.05) is 20.8 Å². The molecule has 80 valence electrons. The summed E-state index contributed by atoms with van der Waals surface area (Å²) in [5.74, 6) is 0. The monoisotopic (exact) mass is 189 g/mol. The molecule has 0 saturated carbocycles. The van der Waals surface area contributed by atoms with Crippen molar-refractivity contribution in [3.8, 4) is 0 Å². The molecule has 0 fully saturated rings. The van der Waals surface area contributed by atoms with Gasteiger partial charge in [0.25, 0.3) is 0 Å². The van der Waals surface area contributed by atoms with Crippen LogP contribution in [0.5, 0.6) is 0 Å². The van der Waals surface area contributed by atoms with Gasteiger partial charge in [0, 0.05) is 6.04 Å². The van der Waals surface area contributed by atoms with Gasteiger partial charge in [-0.25, -0.2) is 0 Å². The van der Waals surface area contributed by atoms with Gasteiger partial charge >= 0.3 is 0 Å². The summed E-state index contributed by atoms with van der Waals surface area (Å²) in [5, 5.41) is 9.08. The van der Waals surface area contributed by atoms with E-state index >= 15 is 0 Å². The first-order valence-corrected chi connectivity index (χ1v) is 4.95. The van der Waals surface area contributed by atoms with E-state index in [2.05, 4.69) is 6.92 Å². The lowest BCUT2D eigenvalue weighted by Crippen LogP contribution is -2.43. The Kier molecular flexibility index (Phi) is 5.53. The van der Waals surface area contributed by atoms with Gasteiger partial charge in [-0.2, -0.15) is 0 Å². The first kappa shape index (κ1) is 12.9. The van der Waals surface area contributed by atoms with Crippen LogP contribution < -0.4 is 5.73 Å². The van der Waals surface area contributed by atoms with Crippen molar-refractivity contribution in [2.45, 2.75) is 58.3 Å². The molecule has 0 spiro atoms. The number of rotatable bonds is 5. The Morgan fingerprint density at radius 2 is 1.92 bits per heavy atom. The Morgan fingerprint density at radius 3 is 2.23 bits per heavy atom. The molecule has 0 aliphatic carbocycles. The maximum absolute atomic E-state index is 9.08. The molecule has 0 aromatic heterocycles. The van der Waals surface area contributed by atoms with E-state index in [9.17, 15) is 0 Å². The van der Waals surface area contributed by atoms with Gasteiger partial charge < -0.3 is 15.6 Å². The van der Waals surface area contributed by atoms with Crippen molar-refractivity contribution < 1.29 is 9.84 Å². The second kappa shape index (κ2) is 5.58. The predicted molar refractivity (Wildman–Crippen MR) is 54.6 cm³/mol. The summed E-state index contributed by atoms with van der Waals surface area (Å²) in [5.41, 5.74) is 5.62. The summed E-state index contributed by atoms with van der Waals surface area (Å²) in [4.78, 5) is 0. The molecule has 0 saturated heterocycles. The second-order valence-electron chi connectivity index (χ2n) is 4.40. The molecule has 3 nitrogen and oxygen atoms in total. The SMILES string of the molecule is CCCC(N)C(CO)OC(C)(C)C. The highest BCUT2D eigenvalue weighted by atomic mass is 16.5. The van der Waals surface area contributed by atoms with Gasteiger partial charge in [0.2, 0.25) is 0 Å². The Balaban J connectivity index is 4.01.